The molecule has 0 atom stereocenters. The standard InChI is InChI=1S/C74H106O17/c1-5-7-17-26-57-28-30-58(31-29-57)59-32-34-60(35-33-59)72(79)90-63-40-42-64(43-41-63)91-73(80)61-36-38-62(39-37-61)83-48-19-10-8-9-11-21-51-86-69(76)46-47-70(77)87-52-25-16-18-27-68(75)85-50-22-13-12-20-49-84-67-45-44-65(82-6-2)55-66(67)74(81)89-54-24-15-14-23-53-88-71(78)56(3)4/h36-45,55,57-60H,3,5-35,46-54H2,1-2,4H3. The Balaban J connectivity index is 0.771. The third kappa shape index (κ3) is 31.8. The van der Waals surface area contributed by atoms with E-state index in [1.807, 2.05) is 6.92 Å². The highest BCUT2D eigenvalue weighted by Crippen LogP contribution is 2.43. The molecular weight excluding hydrogens is 1160 g/mol. The highest BCUT2D eigenvalue weighted by atomic mass is 16.6. The number of rotatable bonds is 47. The van der Waals surface area contributed by atoms with Crippen molar-refractivity contribution < 1.29 is 80.9 Å². The van der Waals surface area contributed by atoms with Gasteiger partial charge in [-0.2, -0.15) is 0 Å². The van der Waals surface area contributed by atoms with E-state index in [1.54, 1.807) is 73.7 Å². The summed E-state index contributed by atoms with van der Waals surface area (Å²) in [6.45, 7) is 12.2. The lowest BCUT2D eigenvalue weighted by Crippen LogP contribution is -2.30. The largest absolute Gasteiger partial charge is 0.494 e. The van der Waals surface area contributed by atoms with E-state index >= 15 is 0 Å². The minimum atomic E-state index is -0.492. The third-order valence-corrected chi connectivity index (χ3v) is 17.0. The first-order chi connectivity index (χ1) is 44.3. The number of ether oxygens (including phenoxy) is 10. The number of carbonyl (C=O) groups is 7. The minimum Gasteiger partial charge on any atom is -0.494 e. The van der Waals surface area contributed by atoms with Gasteiger partial charge in [0.1, 0.15) is 34.3 Å². The SMILES string of the molecule is C=C(C)C(=O)OCCCCCCOC(=O)c1cc(OCC)ccc1OCCCCCCOC(=O)CCCCCOC(=O)CCC(=O)OCCCCCCCCOc1ccc(C(=O)Oc2ccc(OC(=O)C3CCC(C4CCC(CCCCC)CC4)CC3)cc2)cc1. The molecule has 504 valence electrons. The summed E-state index contributed by atoms with van der Waals surface area (Å²) >= 11 is 0. The van der Waals surface area contributed by atoms with Crippen molar-refractivity contribution in [2.45, 2.75) is 226 Å². The number of unbranched alkanes of at least 4 members (excludes halogenated alkanes) is 15. The van der Waals surface area contributed by atoms with Crippen LogP contribution in [-0.2, 0) is 47.7 Å². The van der Waals surface area contributed by atoms with E-state index < -0.39 is 23.9 Å². The molecule has 0 unspecified atom stereocenters. The van der Waals surface area contributed by atoms with Crippen LogP contribution >= 0.6 is 0 Å². The average molecular weight is 1270 g/mol. The molecule has 0 radical (unpaired) electrons. The van der Waals surface area contributed by atoms with E-state index in [0.29, 0.717) is 111 Å². The summed E-state index contributed by atoms with van der Waals surface area (Å²) < 4.78 is 55.4. The predicted octanol–water partition coefficient (Wildman–Crippen LogP) is 16.6. The van der Waals surface area contributed by atoms with Crippen LogP contribution < -0.4 is 23.7 Å². The molecule has 17 nitrogen and oxygen atoms in total. The van der Waals surface area contributed by atoms with Gasteiger partial charge >= 0.3 is 41.8 Å². The van der Waals surface area contributed by atoms with Gasteiger partial charge in [0.2, 0.25) is 0 Å². The van der Waals surface area contributed by atoms with Crippen LogP contribution in [0.4, 0.5) is 0 Å². The molecule has 5 rings (SSSR count). The second-order valence-electron chi connectivity index (χ2n) is 24.5. The van der Waals surface area contributed by atoms with Gasteiger partial charge in [0.25, 0.3) is 0 Å². The van der Waals surface area contributed by atoms with Crippen molar-refractivity contribution in [1.29, 1.82) is 0 Å². The lowest BCUT2D eigenvalue weighted by molar-refractivity contribution is -0.150. The van der Waals surface area contributed by atoms with Crippen LogP contribution in [0.1, 0.15) is 247 Å². The summed E-state index contributed by atoms with van der Waals surface area (Å²) in [5.74, 6) is 2.21. The summed E-state index contributed by atoms with van der Waals surface area (Å²) in [7, 11) is 0. The highest BCUT2D eigenvalue weighted by molar-refractivity contribution is 5.93. The maximum Gasteiger partial charge on any atom is 0.343 e. The predicted molar refractivity (Wildman–Crippen MR) is 348 cm³/mol. The Labute approximate surface area is 542 Å². The van der Waals surface area contributed by atoms with Gasteiger partial charge in [0.05, 0.1) is 77.2 Å². The Bertz CT molecular complexity index is 2600. The van der Waals surface area contributed by atoms with Gasteiger partial charge in [0, 0.05) is 12.0 Å². The molecule has 2 aliphatic rings. The van der Waals surface area contributed by atoms with Crippen LogP contribution in [0.2, 0.25) is 0 Å². The van der Waals surface area contributed by atoms with Gasteiger partial charge in [-0.25, -0.2) is 14.4 Å². The second kappa shape index (κ2) is 45.4. The van der Waals surface area contributed by atoms with Gasteiger partial charge < -0.3 is 47.4 Å². The zero-order valence-corrected chi connectivity index (χ0v) is 55.1. The summed E-state index contributed by atoms with van der Waals surface area (Å²) in [4.78, 5) is 87.0. The maximum atomic E-state index is 13.1. The smallest absolute Gasteiger partial charge is 0.343 e. The molecule has 0 saturated heterocycles. The van der Waals surface area contributed by atoms with Crippen molar-refractivity contribution >= 4 is 41.8 Å². The molecule has 0 spiro atoms. The number of hydrogen-bond donors (Lipinski definition) is 0. The normalized spacial score (nSPS) is 16.2. The maximum absolute atomic E-state index is 13.1. The molecule has 3 aromatic carbocycles. The molecule has 0 bridgehead atoms. The van der Waals surface area contributed by atoms with Crippen molar-refractivity contribution in [2.75, 3.05) is 52.9 Å². The number of esters is 7. The van der Waals surface area contributed by atoms with Crippen LogP contribution in [0.3, 0.4) is 0 Å². The Kier molecular flexibility index (Phi) is 37.3. The minimum absolute atomic E-state index is 0.0345. The summed E-state index contributed by atoms with van der Waals surface area (Å²) in [5, 5.41) is 0. The summed E-state index contributed by atoms with van der Waals surface area (Å²) in [6.07, 6.45) is 28.8. The Hall–Kier alpha value is -6.91. The fourth-order valence-electron chi connectivity index (χ4n) is 11.6. The van der Waals surface area contributed by atoms with E-state index in [0.717, 1.165) is 127 Å². The quantitative estimate of drug-likeness (QED) is 0.0169. The Morgan fingerprint density at radius 2 is 0.879 bits per heavy atom. The van der Waals surface area contributed by atoms with Crippen molar-refractivity contribution in [2.24, 2.45) is 23.7 Å². The van der Waals surface area contributed by atoms with Crippen molar-refractivity contribution in [3.05, 3.63) is 90.0 Å². The molecule has 0 heterocycles. The molecule has 3 aromatic rings. The molecule has 17 heteroatoms. The van der Waals surface area contributed by atoms with E-state index in [1.165, 1.54) is 51.4 Å². The first-order valence-electron chi connectivity index (χ1n) is 34.4. The number of benzene rings is 3. The van der Waals surface area contributed by atoms with Gasteiger partial charge in [-0.05, 0) is 220 Å². The van der Waals surface area contributed by atoms with Crippen LogP contribution in [0.5, 0.6) is 28.7 Å². The molecule has 2 fully saturated rings. The van der Waals surface area contributed by atoms with E-state index in [2.05, 4.69) is 13.5 Å². The van der Waals surface area contributed by atoms with Crippen molar-refractivity contribution in [3.63, 3.8) is 0 Å². The fraction of sp³-hybridized carbons (Fsp3) is 0.635. The lowest BCUT2D eigenvalue weighted by atomic mass is 9.68. The number of hydrogen-bond acceptors (Lipinski definition) is 17. The first kappa shape index (κ1) is 74.8. The zero-order valence-electron chi connectivity index (χ0n) is 55.1. The molecular formula is C74H106O17. The van der Waals surface area contributed by atoms with Crippen LogP contribution in [0.25, 0.3) is 0 Å². The topological polar surface area (TPSA) is 212 Å². The molecule has 2 saturated carbocycles. The molecule has 0 aliphatic heterocycles. The van der Waals surface area contributed by atoms with E-state index in [4.69, 9.17) is 47.4 Å². The molecule has 0 amide bonds. The van der Waals surface area contributed by atoms with Crippen LogP contribution in [0.15, 0.2) is 78.9 Å². The monoisotopic (exact) mass is 1270 g/mol. The Morgan fingerprint density at radius 1 is 0.418 bits per heavy atom. The Morgan fingerprint density at radius 3 is 1.43 bits per heavy atom. The average Bonchev–Trinajstić information content (AvgIpc) is 3.48. The van der Waals surface area contributed by atoms with Crippen molar-refractivity contribution in [1.82, 2.24) is 0 Å². The molecule has 0 N–H and O–H groups in total. The van der Waals surface area contributed by atoms with Crippen LogP contribution in [-0.4, -0.2) is 94.6 Å². The van der Waals surface area contributed by atoms with E-state index in [-0.39, 0.29) is 56.3 Å². The number of carbonyl (C=O) groups excluding carboxylic acids is 7. The van der Waals surface area contributed by atoms with Crippen molar-refractivity contribution in [3.8, 4) is 28.7 Å². The van der Waals surface area contributed by atoms with Gasteiger partial charge in [-0.3, -0.25) is 19.2 Å². The second-order valence-corrected chi connectivity index (χ2v) is 24.5. The summed E-state index contributed by atoms with van der Waals surface area (Å²) in [5.41, 5.74) is 1.08. The third-order valence-electron chi connectivity index (χ3n) is 17.0. The van der Waals surface area contributed by atoms with Crippen LogP contribution in [0, 0.1) is 23.7 Å². The van der Waals surface area contributed by atoms with Gasteiger partial charge in [-0.1, -0.05) is 77.7 Å². The lowest BCUT2D eigenvalue weighted by Gasteiger charge is -2.37. The first-order valence-corrected chi connectivity index (χ1v) is 34.4. The fourth-order valence-corrected chi connectivity index (χ4v) is 11.6. The van der Waals surface area contributed by atoms with Gasteiger partial charge in [0.15, 0.2) is 0 Å². The molecule has 2 aliphatic carbocycles. The molecule has 91 heavy (non-hydrogen) atoms. The molecule has 0 aromatic heterocycles. The summed E-state index contributed by atoms with van der Waals surface area (Å²) in [6, 6.07) is 18.6. The van der Waals surface area contributed by atoms with Gasteiger partial charge in [-0.15, -0.1) is 0 Å². The highest BCUT2D eigenvalue weighted by Gasteiger charge is 2.34. The van der Waals surface area contributed by atoms with E-state index in [9.17, 15) is 33.6 Å². The zero-order chi connectivity index (χ0) is 65.1.